The number of anilines is 2. The highest BCUT2D eigenvalue weighted by atomic mass is 35.5. The first kappa shape index (κ1) is 37.5. The van der Waals surface area contributed by atoms with Crippen LogP contribution in [0, 0.1) is 11.8 Å². The number of aliphatic hydroxyl groups excluding tert-OH is 1. The number of aromatic hydroxyl groups is 2. The van der Waals surface area contributed by atoms with Crippen molar-refractivity contribution in [1.82, 2.24) is 0 Å². The zero-order valence-electron chi connectivity index (χ0n) is 25.6. The minimum absolute atomic E-state index is 0. The van der Waals surface area contributed by atoms with Crippen LogP contribution in [-0.4, -0.2) is 72.5 Å². The summed E-state index contributed by atoms with van der Waals surface area (Å²) in [5.74, 6) is -1.41. The van der Waals surface area contributed by atoms with E-state index in [2.05, 4.69) is 17.2 Å². The number of hydrogen-bond donors (Lipinski definition) is 6. The molecule has 12 heteroatoms. The fourth-order valence-corrected chi connectivity index (χ4v) is 4.98. The molecule has 43 heavy (non-hydrogen) atoms. The molecule has 11 nitrogen and oxygen atoms in total. The Morgan fingerprint density at radius 2 is 1.91 bits per heavy atom. The minimum Gasteiger partial charge on any atom is -0.506 e. The maximum atomic E-state index is 13.0. The molecular weight excluding hydrogens is 578 g/mol. The van der Waals surface area contributed by atoms with Crippen molar-refractivity contribution in [2.75, 3.05) is 31.4 Å². The van der Waals surface area contributed by atoms with Crippen molar-refractivity contribution >= 4 is 35.8 Å². The van der Waals surface area contributed by atoms with Crippen molar-refractivity contribution in [3.8, 4) is 11.5 Å². The van der Waals surface area contributed by atoms with Gasteiger partial charge in [0, 0.05) is 43.9 Å². The van der Waals surface area contributed by atoms with E-state index < -0.39 is 42.3 Å². The van der Waals surface area contributed by atoms with Gasteiger partial charge in [-0.25, -0.2) is 4.79 Å². The zero-order valence-corrected chi connectivity index (χ0v) is 26.4. The predicted molar refractivity (Wildman–Crippen MR) is 170 cm³/mol. The number of allylic oxidation sites excluding steroid dienone is 2. The van der Waals surface area contributed by atoms with Crippen molar-refractivity contribution in [2.45, 2.75) is 65.0 Å². The molecule has 1 aromatic rings. The number of primary amides is 1. The monoisotopic (exact) mass is 623 g/mol. The highest BCUT2D eigenvalue weighted by molar-refractivity contribution is 6.04. The Labute approximate surface area is 259 Å². The first-order chi connectivity index (χ1) is 19.8. The Bertz CT molecular complexity index is 1220. The van der Waals surface area contributed by atoms with Crippen LogP contribution in [0.1, 0.15) is 39.7 Å². The van der Waals surface area contributed by atoms with Crippen LogP contribution in [0.25, 0.3) is 0 Å². The Morgan fingerprint density at radius 3 is 2.49 bits per heavy atom. The molecule has 0 fully saturated rings. The number of hydrogen-bond acceptors (Lipinski definition) is 9. The molecule has 6 atom stereocenters. The summed E-state index contributed by atoms with van der Waals surface area (Å²) >= 11 is 0. The van der Waals surface area contributed by atoms with Gasteiger partial charge in [0.25, 0.3) is 5.91 Å². The van der Waals surface area contributed by atoms with Crippen molar-refractivity contribution in [3.63, 3.8) is 0 Å². The van der Waals surface area contributed by atoms with E-state index in [0.717, 1.165) is 0 Å². The number of phenols is 2. The van der Waals surface area contributed by atoms with E-state index in [4.69, 9.17) is 19.9 Å². The maximum absolute atomic E-state index is 13.0. The van der Waals surface area contributed by atoms with Gasteiger partial charge in [-0.05, 0) is 38.2 Å². The number of benzene rings is 1. The quantitative estimate of drug-likeness (QED) is 0.151. The van der Waals surface area contributed by atoms with Gasteiger partial charge >= 0.3 is 6.09 Å². The lowest BCUT2D eigenvalue weighted by Crippen LogP contribution is -2.37. The van der Waals surface area contributed by atoms with E-state index in [1.807, 2.05) is 13.8 Å². The van der Waals surface area contributed by atoms with Gasteiger partial charge in [-0.3, -0.25) is 4.79 Å². The Balaban J connectivity index is 0.00000924. The number of amides is 2. The molecule has 7 N–H and O–H groups in total. The molecule has 2 bridgehead atoms. The molecule has 0 aromatic heterocycles. The maximum Gasteiger partial charge on any atom is 0.405 e. The molecule has 1 aromatic carbocycles. The third kappa shape index (κ3) is 10.3. The van der Waals surface area contributed by atoms with Crippen molar-refractivity contribution in [3.05, 3.63) is 59.7 Å². The van der Waals surface area contributed by atoms with Crippen LogP contribution < -0.4 is 16.4 Å². The van der Waals surface area contributed by atoms with Gasteiger partial charge < -0.3 is 45.9 Å². The SMILES string of the molecule is C=CCNc1c(O)cc2c(O)c1C[C@@H](C)C[C@H](OC)[C@H](O)[C@@H](C)/C=C(\C)[C@H](OC(N)=O)C(OC)/C=C\C=C(/C)C(=O)N2.Cl. The molecular formula is C31H46ClN3O8. The van der Waals surface area contributed by atoms with E-state index in [1.54, 1.807) is 38.2 Å². The number of ether oxygens (including phenoxy) is 3. The summed E-state index contributed by atoms with van der Waals surface area (Å²) in [4.78, 5) is 24.7. The Morgan fingerprint density at radius 1 is 1.23 bits per heavy atom. The van der Waals surface area contributed by atoms with Gasteiger partial charge in [0.05, 0.1) is 23.6 Å². The number of rotatable bonds is 6. The minimum atomic E-state index is -0.990. The summed E-state index contributed by atoms with van der Waals surface area (Å²) in [6, 6.07) is 1.28. The number of phenolic OH excluding ortho intramolecular Hbond substituents is 2. The number of fused-ring (bicyclic) bond motifs is 2. The molecule has 1 aliphatic rings. The summed E-state index contributed by atoms with van der Waals surface area (Å²) in [7, 11) is 2.95. The van der Waals surface area contributed by atoms with E-state index >= 15 is 0 Å². The zero-order chi connectivity index (χ0) is 31.6. The summed E-state index contributed by atoms with van der Waals surface area (Å²) in [5, 5.41) is 39.1. The van der Waals surface area contributed by atoms with Gasteiger partial charge in [-0.2, -0.15) is 0 Å². The molecule has 1 aliphatic heterocycles. The number of carbonyl (C=O) groups is 2. The highest BCUT2D eigenvalue weighted by Gasteiger charge is 2.30. The van der Waals surface area contributed by atoms with Crippen LogP contribution in [-0.2, 0) is 25.4 Å². The van der Waals surface area contributed by atoms with Crippen LogP contribution in [0.5, 0.6) is 11.5 Å². The fraction of sp³-hybridized carbons (Fsp3) is 0.484. The lowest BCUT2D eigenvalue weighted by Gasteiger charge is -2.29. The van der Waals surface area contributed by atoms with Crippen molar-refractivity contribution in [1.29, 1.82) is 0 Å². The average molecular weight is 624 g/mol. The van der Waals surface area contributed by atoms with Crippen LogP contribution in [0.4, 0.5) is 16.2 Å². The molecule has 2 amide bonds. The summed E-state index contributed by atoms with van der Waals surface area (Å²) in [5.41, 5.74) is 7.01. The third-order valence-electron chi connectivity index (χ3n) is 7.25. The second kappa shape index (κ2) is 17.6. The number of methoxy groups -OCH3 is 2. The molecule has 2 rings (SSSR count). The first-order valence-corrected chi connectivity index (χ1v) is 13.8. The van der Waals surface area contributed by atoms with Crippen LogP contribution >= 0.6 is 12.4 Å². The summed E-state index contributed by atoms with van der Waals surface area (Å²) in [6.07, 6.45) is 4.64. The third-order valence-corrected chi connectivity index (χ3v) is 7.25. The molecule has 1 unspecified atom stereocenters. The molecule has 0 spiro atoms. The molecule has 240 valence electrons. The normalized spacial score (nSPS) is 28.6. The second-order valence-corrected chi connectivity index (χ2v) is 10.6. The van der Waals surface area contributed by atoms with Gasteiger partial charge in [0.15, 0.2) is 6.10 Å². The largest absolute Gasteiger partial charge is 0.506 e. The van der Waals surface area contributed by atoms with Crippen LogP contribution in [0.15, 0.2) is 54.2 Å². The Kier molecular flexibility index (Phi) is 15.3. The Hall–Kier alpha value is -3.51. The average Bonchev–Trinajstić information content (AvgIpc) is 2.94. The molecule has 0 saturated carbocycles. The van der Waals surface area contributed by atoms with Crippen LogP contribution in [0.3, 0.4) is 0 Å². The number of carbonyl (C=O) groups excluding carboxylic acids is 2. The van der Waals surface area contributed by atoms with Crippen LogP contribution in [0.2, 0.25) is 0 Å². The smallest absolute Gasteiger partial charge is 0.405 e. The van der Waals surface area contributed by atoms with Gasteiger partial charge in [0.2, 0.25) is 0 Å². The van der Waals surface area contributed by atoms with Crippen molar-refractivity contribution < 1.29 is 39.1 Å². The lowest BCUT2D eigenvalue weighted by molar-refractivity contribution is -0.112. The number of nitrogens with one attached hydrogen (secondary N) is 2. The van der Waals surface area contributed by atoms with E-state index in [-0.39, 0.29) is 35.5 Å². The molecule has 0 radical (unpaired) electrons. The van der Waals surface area contributed by atoms with Gasteiger partial charge in [0.1, 0.15) is 17.6 Å². The molecule has 0 saturated heterocycles. The van der Waals surface area contributed by atoms with E-state index in [9.17, 15) is 24.9 Å². The van der Waals surface area contributed by atoms with Gasteiger partial charge in [-0.1, -0.05) is 44.2 Å². The van der Waals surface area contributed by atoms with Gasteiger partial charge in [-0.15, -0.1) is 19.0 Å². The van der Waals surface area contributed by atoms with E-state index in [1.165, 1.54) is 26.4 Å². The predicted octanol–water partition coefficient (Wildman–Crippen LogP) is 4.58. The molecule has 0 aliphatic carbocycles. The fourth-order valence-electron chi connectivity index (χ4n) is 4.98. The molecule has 1 heterocycles. The first-order valence-electron chi connectivity index (χ1n) is 13.8. The lowest BCUT2D eigenvalue weighted by atomic mass is 9.87. The van der Waals surface area contributed by atoms with Crippen molar-refractivity contribution in [2.24, 2.45) is 17.6 Å². The summed E-state index contributed by atoms with van der Waals surface area (Å²) in [6.45, 7) is 11.1. The number of aliphatic hydroxyl groups is 1. The second-order valence-electron chi connectivity index (χ2n) is 10.6. The topological polar surface area (TPSA) is 173 Å². The highest BCUT2D eigenvalue weighted by Crippen LogP contribution is 2.42. The summed E-state index contributed by atoms with van der Waals surface area (Å²) < 4.78 is 16.6. The number of nitrogens with two attached hydrogens (primary N) is 1. The number of halogens is 1. The van der Waals surface area contributed by atoms with E-state index in [0.29, 0.717) is 41.8 Å². The standard InChI is InChI=1S/C31H45N3O8.ClH/c1-8-12-33-26-21-13-17(2)14-25(41-7)27(36)19(4)15-20(5)29(42-31(32)39)24(40-6)11-9-10-18(3)30(38)34-22(28(21)37)16-23(26)35;/h8-11,15-17,19,24-25,27,29,33,35-37H,1,12-14H2,2-7H3,(H2,32,39)(H,34,38);1H/b11-9-,18-10+,20-15+;/t17-,19+,24?,25+,27-,29+;/m1./s1.